The van der Waals surface area contributed by atoms with E-state index in [1.807, 2.05) is 13.0 Å². The lowest BCUT2D eigenvalue weighted by Gasteiger charge is -2.16. The number of para-hydroxylation sites is 1. The van der Waals surface area contributed by atoms with Crippen molar-refractivity contribution in [1.82, 2.24) is 5.32 Å². The summed E-state index contributed by atoms with van der Waals surface area (Å²) in [4.78, 5) is 22.9. The fourth-order valence-corrected chi connectivity index (χ4v) is 1.78. The van der Waals surface area contributed by atoms with Crippen LogP contribution in [0.2, 0.25) is 0 Å². The molecule has 1 atom stereocenters. The molecule has 1 aromatic rings. The first-order valence-corrected chi connectivity index (χ1v) is 6.40. The maximum atomic E-state index is 11.9. The Kier molecular flexibility index (Phi) is 6.01. The van der Waals surface area contributed by atoms with Crippen LogP contribution >= 0.6 is 0 Å². The first-order chi connectivity index (χ1) is 10.0. The molecular weight excluding hydrogens is 274 g/mol. The molecule has 0 unspecified atom stereocenters. The third kappa shape index (κ3) is 4.38. The SMILES string of the molecule is CCC[C@@H](NC(=O)Nc1c(C#N)cccc1OC)C(=O)O. The lowest BCUT2D eigenvalue weighted by Crippen LogP contribution is -2.43. The quantitative estimate of drug-likeness (QED) is 0.741. The van der Waals surface area contributed by atoms with Crippen LogP contribution in [0.25, 0.3) is 0 Å². The summed E-state index contributed by atoms with van der Waals surface area (Å²) in [7, 11) is 1.41. The van der Waals surface area contributed by atoms with Crippen LogP contribution in [0.1, 0.15) is 25.3 Å². The van der Waals surface area contributed by atoms with Gasteiger partial charge in [-0.05, 0) is 18.6 Å². The molecule has 0 aliphatic heterocycles. The van der Waals surface area contributed by atoms with Crippen LogP contribution in [0.5, 0.6) is 5.75 Å². The van der Waals surface area contributed by atoms with E-state index in [2.05, 4.69) is 10.6 Å². The molecule has 112 valence electrons. The lowest BCUT2D eigenvalue weighted by atomic mass is 10.1. The summed E-state index contributed by atoms with van der Waals surface area (Å²) >= 11 is 0. The smallest absolute Gasteiger partial charge is 0.326 e. The number of rotatable bonds is 6. The summed E-state index contributed by atoms with van der Waals surface area (Å²) in [5.41, 5.74) is 0.438. The van der Waals surface area contributed by atoms with Crippen LogP contribution < -0.4 is 15.4 Å². The summed E-state index contributed by atoms with van der Waals surface area (Å²) in [5, 5.41) is 22.9. The van der Waals surface area contributed by atoms with Crippen molar-refractivity contribution >= 4 is 17.7 Å². The Balaban J connectivity index is 2.88. The lowest BCUT2D eigenvalue weighted by molar-refractivity contribution is -0.139. The number of hydrogen-bond donors (Lipinski definition) is 3. The molecule has 0 saturated carbocycles. The number of urea groups is 1. The number of nitrogens with one attached hydrogen (secondary N) is 2. The number of ether oxygens (including phenoxy) is 1. The van der Waals surface area contributed by atoms with E-state index in [1.165, 1.54) is 13.2 Å². The number of hydrogen-bond acceptors (Lipinski definition) is 4. The van der Waals surface area contributed by atoms with Gasteiger partial charge in [0.2, 0.25) is 0 Å². The van der Waals surface area contributed by atoms with Crippen molar-refractivity contribution in [3.8, 4) is 11.8 Å². The predicted octanol–water partition coefficient (Wildman–Crippen LogP) is 1.94. The molecule has 3 N–H and O–H groups in total. The highest BCUT2D eigenvalue weighted by Gasteiger charge is 2.20. The van der Waals surface area contributed by atoms with Crippen molar-refractivity contribution < 1.29 is 19.4 Å². The Morgan fingerprint density at radius 1 is 1.48 bits per heavy atom. The summed E-state index contributed by atoms with van der Waals surface area (Å²) in [5.74, 6) is -0.779. The van der Waals surface area contributed by atoms with E-state index >= 15 is 0 Å². The zero-order valence-corrected chi connectivity index (χ0v) is 11.8. The number of anilines is 1. The van der Waals surface area contributed by atoms with Crippen LogP contribution in [0.3, 0.4) is 0 Å². The predicted molar refractivity (Wildman–Crippen MR) is 76.2 cm³/mol. The fourth-order valence-electron chi connectivity index (χ4n) is 1.78. The number of carbonyl (C=O) groups is 2. The topological polar surface area (TPSA) is 111 Å². The van der Waals surface area contributed by atoms with Crippen molar-refractivity contribution in [3.05, 3.63) is 23.8 Å². The normalized spacial score (nSPS) is 11.1. The Labute approximate surface area is 122 Å². The molecule has 1 rings (SSSR count). The minimum atomic E-state index is -1.10. The average Bonchev–Trinajstić information content (AvgIpc) is 2.46. The second kappa shape index (κ2) is 7.75. The molecule has 7 heteroatoms. The van der Waals surface area contributed by atoms with Gasteiger partial charge in [0.15, 0.2) is 0 Å². The van der Waals surface area contributed by atoms with E-state index < -0.39 is 18.0 Å². The van der Waals surface area contributed by atoms with Crippen molar-refractivity contribution in [2.75, 3.05) is 12.4 Å². The molecule has 7 nitrogen and oxygen atoms in total. The molecule has 0 saturated heterocycles. The molecule has 2 amide bonds. The second-order valence-electron chi connectivity index (χ2n) is 4.27. The number of carboxylic acids is 1. The molecule has 21 heavy (non-hydrogen) atoms. The fraction of sp³-hybridized carbons (Fsp3) is 0.357. The first kappa shape index (κ1) is 16.3. The van der Waals surface area contributed by atoms with E-state index in [9.17, 15) is 9.59 Å². The van der Waals surface area contributed by atoms with Crippen LogP contribution in [-0.2, 0) is 4.79 Å². The standard InChI is InChI=1S/C14H17N3O4/c1-3-5-10(13(18)19)16-14(20)17-12-9(8-15)6-4-7-11(12)21-2/h4,6-7,10H,3,5H2,1-2H3,(H,18,19)(H2,16,17,20)/t10-/m1/s1. The molecule has 0 radical (unpaired) electrons. The van der Waals surface area contributed by atoms with Gasteiger partial charge in [-0.15, -0.1) is 0 Å². The van der Waals surface area contributed by atoms with Gasteiger partial charge in [-0.3, -0.25) is 0 Å². The van der Waals surface area contributed by atoms with Gasteiger partial charge in [0.1, 0.15) is 23.5 Å². The maximum absolute atomic E-state index is 11.9. The molecule has 0 aliphatic rings. The molecule has 1 aromatic carbocycles. The molecule has 0 aromatic heterocycles. The summed E-state index contributed by atoms with van der Waals surface area (Å²) in [6.45, 7) is 1.82. The molecule has 0 heterocycles. The van der Waals surface area contributed by atoms with Crippen molar-refractivity contribution in [3.63, 3.8) is 0 Å². The average molecular weight is 291 g/mol. The summed E-state index contributed by atoms with van der Waals surface area (Å²) < 4.78 is 5.08. The van der Waals surface area contributed by atoms with Crippen LogP contribution in [0, 0.1) is 11.3 Å². The highest BCUT2D eigenvalue weighted by molar-refractivity contribution is 5.94. The third-order valence-corrected chi connectivity index (χ3v) is 2.79. The van der Waals surface area contributed by atoms with Gasteiger partial charge in [-0.2, -0.15) is 5.26 Å². The van der Waals surface area contributed by atoms with Crippen molar-refractivity contribution in [2.24, 2.45) is 0 Å². The van der Waals surface area contributed by atoms with Gasteiger partial charge in [-0.25, -0.2) is 9.59 Å². The Bertz CT molecular complexity index is 566. The zero-order valence-electron chi connectivity index (χ0n) is 11.8. The third-order valence-electron chi connectivity index (χ3n) is 2.79. The molecule has 0 fully saturated rings. The Morgan fingerprint density at radius 2 is 2.19 bits per heavy atom. The van der Waals surface area contributed by atoms with Gasteiger partial charge in [0, 0.05) is 0 Å². The van der Waals surface area contributed by atoms with Crippen molar-refractivity contribution in [2.45, 2.75) is 25.8 Å². The van der Waals surface area contributed by atoms with Crippen LogP contribution in [0.15, 0.2) is 18.2 Å². The number of carboxylic acid groups (broad SMARTS) is 1. The molecule has 0 spiro atoms. The molecular formula is C14H17N3O4. The number of nitriles is 1. The minimum absolute atomic E-state index is 0.209. The second-order valence-corrected chi connectivity index (χ2v) is 4.27. The Morgan fingerprint density at radius 3 is 2.71 bits per heavy atom. The van der Waals surface area contributed by atoms with E-state index in [0.29, 0.717) is 18.6 Å². The van der Waals surface area contributed by atoms with Gasteiger partial charge >= 0.3 is 12.0 Å². The largest absolute Gasteiger partial charge is 0.495 e. The summed E-state index contributed by atoms with van der Waals surface area (Å²) in [6.07, 6.45) is 0.940. The van der Waals surface area contributed by atoms with Gasteiger partial charge in [0.25, 0.3) is 0 Å². The van der Waals surface area contributed by atoms with Gasteiger partial charge in [-0.1, -0.05) is 19.4 Å². The number of aliphatic carboxylic acids is 1. The van der Waals surface area contributed by atoms with Crippen molar-refractivity contribution in [1.29, 1.82) is 5.26 Å². The van der Waals surface area contributed by atoms with Gasteiger partial charge < -0.3 is 20.5 Å². The zero-order chi connectivity index (χ0) is 15.8. The number of carbonyl (C=O) groups excluding carboxylic acids is 1. The highest BCUT2D eigenvalue weighted by atomic mass is 16.5. The van der Waals surface area contributed by atoms with E-state index in [1.54, 1.807) is 12.1 Å². The van der Waals surface area contributed by atoms with E-state index in [-0.39, 0.29) is 11.3 Å². The number of methoxy groups -OCH3 is 1. The van der Waals surface area contributed by atoms with E-state index in [4.69, 9.17) is 15.1 Å². The molecule has 0 bridgehead atoms. The van der Waals surface area contributed by atoms with Gasteiger partial charge in [0.05, 0.1) is 12.7 Å². The monoisotopic (exact) mass is 291 g/mol. The number of amides is 2. The van der Waals surface area contributed by atoms with Crippen LogP contribution in [0.4, 0.5) is 10.5 Å². The Hall–Kier alpha value is -2.75. The van der Waals surface area contributed by atoms with Crippen LogP contribution in [-0.4, -0.2) is 30.3 Å². The number of benzene rings is 1. The highest BCUT2D eigenvalue weighted by Crippen LogP contribution is 2.27. The first-order valence-electron chi connectivity index (χ1n) is 6.40. The number of nitrogens with zero attached hydrogens (tertiary/aromatic N) is 1. The summed E-state index contributed by atoms with van der Waals surface area (Å²) in [6, 6.07) is 5.01. The van der Waals surface area contributed by atoms with E-state index in [0.717, 1.165) is 0 Å². The maximum Gasteiger partial charge on any atom is 0.326 e. The molecule has 0 aliphatic carbocycles. The minimum Gasteiger partial charge on any atom is -0.495 e.